The lowest BCUT2D eigenvalue weighted by Gasteiger charge is -2.01. The summed E-state index contributed by atoms with van der Waals surface area (Å²) in [5.41, 5.74) is 5.24. The van der Waals surface area contributed by atoms with Gasteiger partial charge in [-0.15, -0.1) is 5.11 Å². The molecule has 0 fully saturated rings. The molecule has 1 aromatic heterocycles. The fourth-order valence-electron chi connectivity index (χ4n) is 3.11. The van der Waals surface area contributed by atoms with E-state index >= 15 is 0 Å². The Balaban J connectivity index is 1.86. The maximum Gasteiger partial charge on any atom is 0.299 e. The molecule has 0 spiro atoms. The van der Waals surface area contributed by atoms with Crippen molar-refractivity contribution in [3.63, 3.8) is 0 Å². The number of H-pyrrole nitrogens is 1. The van der Waals surface area contributed by atoms with Crippen LogP contribution in [0.25, 0.3) is 16.9 Å². The zero-order valence-electron chi connectivity index (χ0n) is 15.8. The second kappa shape index (κ2) is 7.48. The second-order valence-corrected chi connectivity index (χ2v) is 6.67. The minimum absolute atomic E-state index is 0.237. The minimum Gasteiger partial charge on any atom is -0.288 e. The molecule has 5 nitrogen and oxygen atoms in total. The molecule has 0 saturated carbocycles. The van der Waals surface area contributed by atoms with Crippen molar-refractivity contribution >= 4 is 11.4 Å². The highest BCUT2D eigenvalue weighted by Gasteiger charge is 2.16. The van der Waals surface area contributed by atoms with Crippen LogP contribution in [0.3, 0.4) is 0 Å². The molecule has 0 aliphatic carbocycles. The van der Waals surface area contributed by atoms with Crippen LogP contribution in [-0.4, -0.2) is 9.78 Å². The van der Waals surface area contributed by atoms with Crippen LogP contribution in [0.5, 0.6) is 0 Å². The standard InChI is InChI=1S/C23H20N4O/c1-16-13-14-20(17(2)15-16)24-25-22-21(18-9-5-3-6-10-18)26-27(23(22)28)19-11-7-4-8-12-19/h3-15,26H,1-2H3. The molecule has 0 aliphatic heterocycles. The van der Waals surface area contributed by atoms with Crippen LogP contribution >= 0.6 is 0 Å². The SMILES string of the molecule is Cc1ccc(N=Nc2c(-c3ccccc3)[nH]n(-c3ccccc3)c2=O)c(C)c1. The van der Waals surface area contributed by atoms with Gasteiger partial charge in [0.1, 0.15) is 0 Å². The number of hydrogen-bond acceptors (Lipinski definition) is 3. The number of para-hydroxylation sites is 1. The Bertz CT molecular complexity index is 1190. The van der Waals surface area contributed by atoms with Gasteiger partial charge in [0.2, 0.25) is 0 Å². The number of hydrogen-bond donors (Lipinski definition) is 1. The molecule has 0 radical (unpaired) electrons. The monoisotopic (exact) mass is 368 g/mol. The summed E-state index contributed by atoms with van der Waals surface area (Å²) in [6, 6.07) is 25.1. The first-order chi connectivity index (χ1) is 13.6. The molecule has 0 bridgehead atoms. The van der Waals surface area contributed by atoms with E-state index in [1.807, 2.05) is 92.7 Å². The zero-order valence-corrected chi connectivity index (χ0v) is 15.8. The largest absolute Gasteiger partial charge is 0.299 e. The van der Waals surface area contributed by atoms with Crippen molar-refractivity contribution in [3.8, 4) is 16.9 Å². The Morgan fingerprint density at radius 2 is 1.50 bits per heavy atom. The number of rotatable bonds is 4. The molecule has 0 atom stereocenters. The van der Waals surface area contributed by atoms with Crippen LogP contribution in [0, 0.1) is 13.8 Å². The first-order valence-corrected chi connectivity index (χ1v) is 9.08. The van der Waals surface area contributed by atoms with E-state index in [4.69, 9.17) is 0 Å². The molecular weight excluding hydrogens is 348 g/mol. The molecular formula is C23H20N4O. The smallest absolute Gasteiger partial charge is 0.288 e. The Labute approximate surface area is 163 Å². The van der Waals surface area contributed by atoms with Gasteiger partial charge < -0.3 is 0 Å². The van der Waals surface area contributed by atoms with Gasteiger partial charge in [-0.1, -0.05) is 66.2 Å². The maximum atomic E-state index is 13.1. The van der Waals surface area contributed by atoms with E-state index in [1.165, 1.54) is 4.68 Å². The first kappa shape index (κ1) is 17.7. The lowest BCUT2D eigenvalue weighted by Crippen LogP contribution is -2.13. The van der Waals surface area contributed by atoms with Crippen molar-refractivity contribution in [1.82, 2.24) is 9.78 Å². The Hall–Kier alpha value is -3.73. The van der Waals surface area contributed by atoms with Crippen molar-refractivity contribution in [1.29, 1.82) is 0 Å². The lowest BCUT2D eigenvalue weighted by molar-refractivity contribution is 0.852. The fraction of sp³-hybridized carbons (Fsp3) is 0.0870. The van der Waals surface area contributed by atoms with E-state index in [0.717, 1.165) is 28.1 Å². The molecule has 138 valence electrons. The van der Waals surface area contributed by atoms with Crippen molar-refractivity contribution in [2.45, 2.75) is 13.8 Å². The molecule has 4 aromatic rings. The average molecular weight is 368 g/mol. The third-order valence-corrected chi connectivity index (χ3v) is 4.55. The van der Waals surface area contributed by atoms with Gasteiger partial charge in [0.05, 0.1) is 17.1 Å². The molecule has 1 heterocycles. The number of benzene rings is 3. The number of azo groups is 1. The highest BCUT2D eigenvalue weighted by Crippen LogP contribution is 2.29. The quantitative estimate of drug-likeness (QED) is 0.450. The third kappa shape index (κ3) is 3.42. The molecule has 0 aliphatic rings. The van der Waals surface area contributed by atoms with Gasteiger partial charge in [-0.3, -0.25) is 9.89 Å². The predicted molar refractivity (Wildman–Crippen MR) is 112 cm³/mol. The summed E-state index contributed by atoms with van der Waals surface area (Å²) < 4.78 is 1.50. The summed E-state index contributed by atoms with van der Waals surface area (Å²) >= 11 is 0. The Morgan fingerprint density at radius 3 is 2.18 bits per heavy atom. The summed E-state index contributed by atoms with van der Waals surface area (Å²) in [6.07, 6.45) is 0. The van der Waals surface area contributed by atoms with Crippen LogP contribution in [0.1, 0.15) is 11.1 Å². The molecule has 3 aromatic carbocycles. The van der Waals surface area contributed by atoms with Crippen LogP contribution in [0.2, 0.25) is 0 Å². The lowest BCUT2D eigenvalue weighted by atomic mass is 10.1. The van der Waals surface area contributed by atoms with Crippen molar-refractivity contribution in [3.05, 3.63) is 100 Å². The van der Waals surface area contributed by atoms with E-state index < -0.39 is 0 Å². The van der Waals surface area contributed by atoms with Crippen LogP contribution in [-0.2, 0) is 0 Å². The summed E-state index contributed by atoms with van der Waals surface area (Å²) in [5, 5.41) is 11.9. The van der Waals surface area contributed by atoms with Gasteiger partial charge in [-0.25, -0.2) is 4.68 Å². The van der Waals surface area contributed by atoms with E-state index in [1.54, 1.807) is 0 Å². The number of nitrogens with zero attached hydrogens (tertiary/aromatic N) is 3. The van der Waals surface area contributed by atoms with Gasteiger partial charge in [0, 0.05) is 5.56 Å². The number of aryl methyl sites for hydroxylation is 2. The zero-order chi connectivity index (χ0) is 19.5. The van der Waals surface area contributed by atoms with Crippen LogP contribution in [0.15, 0.2) is 93.9 Å². The predicted octanol–water partition coefficient (Wildman–Crippen LogP) is 5.86. The van der Waals surface area contributed by atoms with E-state index in [-0.39, 0.29) is 11.2 Å². The fourth-order valence-corrected chi connectivity index (χ4v) is 3.11. The first-order valence-electron chi connectivity index (χ1n) is 9.08. The molecule has 1 N–H and O–H groups in total. The summed E-state index contributed by atoms with van der Waals surface area (Å²) in [7, 11) is 0. The third-order valence-electron chi connectivity index (χ3n) is 4.55. The highest BCUT2D eigenvalue weighted by molar-refractivity contribution is 5.72. The van der Waals surface area contributed by atoms with Crippen molar-refractivity contribution in [2.24, 2.45) is 10.2 Å². The summed E-state index contributed by atoms with van der Waals surface area (Å²) in [5.74, 6) is 0. The van der Waals surface area contributed by atoms with Gasteiger partial charge in [0.25, 0.3) is 5.56 Å². The molecule has 4 rings (SSSR count). The van der Waals surface area contributed by atoms with E-state index in [2.05, 4.69) is 15.3 Å². The van der Waals surface area contributed by atoms with Gasteiger partial charge >= 0.3 is 0 Å². The van der Waals surface area contributed by atoms with Crippen LogP contribution in [0.4, 0.5) is 11.4 Å². The van der Waals surface area contributed by atoms with Crippen LogP contribution < -0.4 is 5.56 Å². The van der Waals surface area contributed by atoms with Gasteiger partial charge in [-0.2, -0.15) is 5.11 Å². The topological polar surface area (TPSA) is 62.5 Å². The van der Waals surface area contributed by atoms with Crippen molar-refractivity contribution < 1.29 is 0 Å². The molecule has 0 saturated heterocycles. The average Bonchev–Trinajstić information content (AvgIpc) is 3.05. The molecule has 5 heteroatoms. The number of nitrogens with one attached hydrogen (secondary N) is 1. The maximum absolute atomic E-state index is 13.1. The summed E-state index contributed by atoms with van der Waals surface area (Å²) in [6.45, 7) is 4.02. The van der Waals surface area contributed by atoms with E-state index in [9.17, 15) is 4.79 Å². The van der Waals surface area contributed by atoms with Gasteiger partial charge in [-0.05, 0) is 37.6 Å². The minimum atomic E-state index is -0.237. The summed E-state index contributed by atoms with van der Waals surface area (Å²) in [4.78, 5) is 13.1. The van der Waals surface area contributed by atoms with E-state index in [0.29, 0.717) is 5.69 Å². The number of aromatic amines is 1. The van der Waals surface area contributed by atoms with Crippen molar-refractivity contribution in [2.75, 3.05) is 0 Å². The molecule has 28 heavy (non-hydrogen) atoms. The highest BCUT2D eigenvalue weighted by atomic mass is 16.1. The number of aromatic nitrogens is 2. The van der Waals surface area contributed by atoms with Gasteiger partial charge in [0.15, 0.2) is 5.69 Å². The second-order valence-electron chi connectivity index (χ2n) is 6.67. The Morgan fingerprint density at radius 1 is 0.821 bits per heavy atom. The molecule has 0 amide bonds. The Kier molecular flexibility index (Phi) is 4.72. The normalized spacial score (nSPS) is 11.2. The molecule has 0 unspecified atom stereocenters.